The predicted molar refractivity (Wildman–Crippen MR) is 388 cm³/mol. The number of allylic oxidation sites excluding steroid dienone is 2. The second-order valence-electron chi connectivity index (χ2n) is 25.6. The summed E-state index contributed by atoms with van der Waals surface area (Å²) in [6, 6.07) is -0.766. The molecule has 38 nitrogen and oxygen atoms in total. The number of aliphatic hydroxyl groups excluding tert-OH is 6. The molecule has 588 valence electrons. The van der Waals surface area contributed by atoms with Gasteiger partial charge in [0.15, 0.2) is 6.10 Å². The molecular formula is C69H86Br2N16O22. The molecular weight excluding hydrogens is 1560 g/mol. The van der Waals surface area contributed by atoms with Gasteiger partial charge in [-0.15, -0.1) is 0 Å². The highest BCUT2D eigenvalue weighted by Gasteiger charge is 2.40. The summed E-state index contributed by atoms with van der Waals surface area (Å²) >= 11 is 6.65. The van der Waals surface area contributed by atoms with Crippen LogP contribution in [0.2, 0.25) is 0 Å². The third-order valence-electron chi connectivity index (χ3n) is 16.8. The summed E-state index contributed by atoms with van der Waals surface area (Å²) in [5, 5.41) is 104. The van der Waals surface area contributed by atoms with Crippen LogP contribution >= 0.6 is 31.9 Å². The molecule has 0 spiro atoms. The summed E-state index contributed by atoms with van der Waals surface area (Å²) in [5.41, 5.74) is 12.6. The number of halogens is 2. The summed E-state index contributed by atoms with van der Waals surface area (Å²) in [6.45, 7) is -1.30. The fourth-order valence-electron chi connectivity index (χ4n) is 11.0. The Bertz CT molecular complexity index is 4020. The number of nitrogens with one attached hydrogen (secondary N) is 12. The number of primary amides is 2. The Morgan fingerprint density at radius 3 is 1.73 bits per heavy atom. The number of rotatable bonds is 16. The first-order chi connectivity index (χ1) is 51.6. The maximum Gasteiger partial charge on any atom is 0.326 e. The van der Waals surface area contributed by atoms with E-state index in [0.717, 1.165) is 28.5 Å². The number of aromatic nitrogens is 2. The SMILES string of the molecule is CC(/C=C/c1ccc(Br)cc1)=C\[C@H](O)[C@@H]1CC(=O)NC(CO)C(=O)N[C@@H]2Cn3cnc(c3)C[C@H](NC(=O)C[C@H](O)C[C@@H](C(=O)O)NC(=O)CCNC(=O)[C@H](Cc3ccc(Br)cc3)NC(=O)[C@H]([C@@H](O)C(N)=O)NC(=O)[C@H](CC(N)=O)NC2=O)C(=O)N[C@@H]([C@@H](C)O)C(=O)N[C@@H](CO)C(=O)N[C@@H](Cc2ccccc2)C(=O)N1. The maximum absolute atomic E-state index is 14.9. The van der Waals surface area contributed by atoms with Gasteiger partial charge in [-0.2, -0.15) is 0 Å². The molecule has 4 bridgehead atoms. The lowest BCUT2D eigenvalue weighted by Crippen LogP contribution is -2.63. The highest BCUT2D eigenvalue weighted by molar-refractivity contribution is 9.10. The van der Waals surface area contributed by atoms with Crippen molar-refractivity contribution in [3.8, 4) is 0 Å². The van der Waals surface area contributed by atoms with Crippen molar-refractivity contribution in [3.05, 3.63) is 140 Å². The van der Waals surface area contributed by atoms with Gasteiger partial charge >= 0.3 is 5.97 Å². The zero-order valence-electron chi connectivity index (χ0n) is 58.6. The number of imidazole rings is 1. The summed E-state index contributed by atoms with van der Waals surface area (Å²) < 4.78 is 2.41. The van der Waals surface area contributed by atoms with E-state index in [-0.39, 0.29) is 18.5 Å². The van der Waals surface area contributed by atoms with Crippen LogP contribution in [0.25, 0.3) is 6.08 Å². The maximum atomic E-state index is 14.9. The molecule has 3 aromatic carbocycles. The Labute approximate surface area is 638 Å². The standard InChI is InChI=1S/C69H86Br2N16O22/c1-33(8-9-35-10-14-38(70)15-11-35)20-51(92)42-27-55(96)78-49(30-88)65(104)83-48-29-87-28-40(75-32-87)23-45(62(101)85-56(34(2)90)67(106)84-50(31-89)66(105)80-44(61(100)79-42)21-36-6-4-3-5-7-36)76-54(95)25-41(91)24-47(69(108)109)77-53(94)18-19-74-60(99)43(22-37-12-16-39(71)17-13-37)82-68(107)57(58(97)59(73)98)86-63(102)46(26-52(72)93)81-64(48)103/h3-17,20,28,32,34,41-51,56-58,88-92,97H,18-19,21-27,29-31H2,1-2H3,(H2,72,93)(H2,73,98)(H,74,99)(H,76,95)(H,77,94)(H,78,96)(H,79,100)(H,80,105)(H,81,103)(H,82,107)(H,83,104)(H,84,106)(H,85,101)(H,86,102)(H,108,109)/b9-8+,33-20+/t34-,41-,42+,43+,44+,45+,46+,47+,48-,49?,50+,51+,56+,57+,58-/m1/s1. The minimum absolute atomic E-state index is 0.205. The molecule has 40 heteroatoms. The number of hydrogen-bond donors (Lipinski definition) is 21. The molecule has 14 amide bonds. The summed E-state index contributed by atoms with van der Waals surface area (Å²) in [7, 11) is 0. The van der Waals surface area contributed by atoms with E-state index in [1.807, 2.05) is 5.32 Å². The Kier molecular flexibility index (Phi) is 33.6. The van der Waals surface area contributed by atoms with Crippen molar-refractivity contribution in [2.24, 2.45) is 11.5 Å². The van der Waals surface area contributed by atoms with Gasteiger partial charge in [0.1, 0.15) is 60.4 Å². The van der Waals surface area contributed by atoms with E-state index in [0.29, 0.717) is 26.7 Å². The molecule has 109 heavy (non-hydrogen) atoms. The lowest BCUT2D eigenvalue weighted by atomic mass is 10.0. The van der Waals surface area contributed by atoms with Crippen LogP contribution in [0, 0.1) is 0 Å². The Balaban J connectivity index is 1.49. The fraction of sp³-hybridized carbons (Fsp3) is 0.420. The monoisotopic (exact) mass is 1650 g/mol. The fourth-order valence-corrected chi connectivity index (χ4v) is 11.6. The van der Waals surface area contributed by atoms with Gasteiger partial charge in [0.05, 0.1) is 69.0 Å². The molecule has 3 heterocycles. The van der Waals surface area contributed by atoms with E-state index < -0.39 is 244 Å². The lowest BCUT2D eigenvalue weighted by molar-refractivity contribution is -0.143. The minimum Gasteiger partial charge on any atom is -0.480 e. The molecule has 4 aromatic rings. The van der Waals surface area contributed by atoms with Crippen molar-refractivity contribution in [1.82, 2.24) is 73.4 Å². The van der Waals surface area contributed by atoms with Crippen LogP contribution in [-0.4, -0.2) is 245 Å². The number of carboxylic acids is 1. The van der Waals surface area contributed by atoms with Crippen LogP contribution in [0.1, 0.15) is 68.3 Å². The highest BCUT2D eigenvalue weighted by Crippen LogP contribution is 2.18. The second-order valence-corrected chi connectivity index (χ2v) is 27.5. The topological polar surface area (TPSA) is 612 Å². The van der Waals surface area contributed by atoms with Crippen LogP contribution in [0.15, 0.2) is 118 Å². The Morgan fingerprint density at radius 2 is 1.12 bits per heavy atom. The molecule has 0 radical (unpaired) electrons. The molecule has 15 atom stereocenters. The molecule has 2 aliphatic rings. The first-order valence-corrected chi connectivity index (χ1v) is 35.4. The molecule has 23 N–H and O–H groups in total. The van der Waals surface area contributed by atoms with Crippen LogP contribution < -0.4 is 75.3 Å². The van der Waals surface area contributed by atoms with E-state index in [1.54, 1.807) is 85.8 Å². The van der Waals surface area contributed by atoms with Crippen molar-refractivity contribution in [2.75, 3.05) is 19.8 Å². The Hall–Kier alpha value is -10.9. The van der Waals surface area contributed by atoms with E-state index in [4.69, 9.17) is 11.5 Å². The van der Waals surface area contributed by atoms with Crippen molar-refractivity contribution in [2.45, 2.75) is 163 Å². The average molecular weight is 1650 g/mol. The van der Waals surface area contributed by atoms with Gasteiger partial charge in [0.2, 0.25) is 82.7 Å². The molecule has 1 unspecified atom stereocenters. The second kappa shape index (κ2) is 42.0. The quantitative estimate of drug-likeness (QED) is 0.0464. The predicted octanol–water partition coefficient (Wildman–Crippen LogP) is -6.97. The molecule has 0 saturated heterocycles. The lowest BCUT2D eigenvalue weighted by Gasteiger charge is -2.28. The number of amides is 14. The zero-order chi connectivity index (χ0) is 80.3. The normalized spacial score (nSPS) is 25.4. The number of nitrogens with two attached hydrogens (primary N) is 2. The van der Waals surface area contributed by atoms with Crippen LogP contribution in [0.5, 0.6) is 0 Å². The van der Waals surface area contributed by atoms with Gasteiger partial charge < -0.3 is 116 Å². The van der Waals surface area contributed by atoms with Gasteiger partial charge in [-0.05, 0) is 54.8 Å². The van der Waals surface area contributed by atoms with Crippen molar-refractivity contribution < 1.29 is 108 Å². The van der Waals surface area contributed by atoms with Gasteiger partial charge in [0, 0.05) is 60.2 Å². The van der Waals surface area contributed by atoms with Crippen molar-refractivity contribution in [3.63, 3.8) is 0 Å². The number of carbonyl (C=O) groups excluding carboxylic acids is 14. The highest BCUT2D eigenvalue weighted by atomic mass is 79.9. The molecule has 0 fully saturated rings. The van der Waals surface area contributed by atoms with Crippen LogP contribution in [0.4, 0.5) is 0 Å². The summed E-state index contributed by atoms with van der Waals surface area (Å²) in [4.78, 5) is 214. The van der Waals surface area contributed by atoms with E-state index >= 15 is 0 Å². The average Bonchev–Trinajstić information content (AvgIpc) is 1.62. The van der Waals surface area contributed by atoms with E-state index in [2.05, 4.69) is 95.3 Å². The molecule has 0 saturated carbocycles. The van der Waals surface area contributed by atoms with Crippen molar-refractivity contribution >= 4 is 127 Å². The largest absolute Gasteiger partial charge is 0.480 e. The molecule has 1 aromatic heterocycles. The number of aliphatic hydroxyl groups is 6. The number of benzene rings is 3. The number of carboxylic acid groups (broad SMARTS) is 1. The summed E-state index contributed by atoms with van der Waals surface area (Å²) in [5.74, 6) is -20.1. The van der Waals surface area contributed by atoms with Gasteiger partial charge in [0.25, 0.3) is 0 Å². The number of aliphatic carboxylic acids is 1. The number of carbonyl (C=O) groups is 15. The molecule has 2 aliphatic heterocycles. The first kappa shape index (κ1) is 87.0. The van der Waals surface area contributed by atoms with E-state index in [1.165, 1.54) is 18.2 Å². The van der Waals surface area contributed by atoms with Crippen LogP contribution in [-0.2, 0) is 97.7 Å². The van der Waals surface area contributed by atoms with E-state index in [9.17, 15) is 108 Å². The third-order valence-corrected chi connectivity index (χ3v) is 17.9. The number of hydrogen-bond acceptors (Lipinski definition) is 22. The molecule has 0 aliphatic carbocycles. The smallest absolute Gasteiger partial charge is 0.326 e. The van der Waals surface area contributed by atoms with Crippen molar-refractivity contribution in [1.29, 1.82) is 0 Å². The zero-order valence-corrected chi connectivity index (χ0v) is 61.8. The minimum atomic E-state index is -2.66. The van der Waals surface area contributed by atoms with Crippen LogP contribution in [0.3, 0.4) is 0 Å². The third kappa shape index (κ3) is 28.0. The number of fused-ring (bicyclic) bond motifs is 2. The van der Waals surface area contributed by atoms with Gasteiger partial charge in [-0.1, -0.05) is 110 Å². The summed E-state index contributed by atoms with van der Waals surface area (Å²) in [6.07, 6.45) is -7.85. The Morgan fingerprint density at radius 1 is 0.587 bits per heavy atom. The van der Waals surface area contributed by atoms with Gasteiger partial charge in [-0.3, -0.25) is 67.1 Å². The van der Waals surface area contributed by atoms with Gasteiger partial charge in [-0.25, -0.2) is 9.78 Å². The molecule has 6 rings (SSSR count). The first-order valence-electron chi connectivity index (χ1n) is 33.8. The number of nitrogens with zero attached hydrogens (tertiary/aromatic N) is 2.